The molecule has 0 fully saturated rings. The van der Waals surface area contributed by atoms with E-state index in [1.807, 2.05) is 12.1 Å². The third kappa shape index (κ3) is 2.14. The van der Waals surface area contributed by atoms with Gasteiger partial charge in [-0.1, -0.05) is 39.0 Å². The Kier molecular flexibility index (Phi) is 2.95. The molecule has 1 heterocycles. The van der Waals surface area contributed by atoms with Crippen molar-refractivity contribution in [3.63, 3.8) is 0 Å². The predicted octanol–water partition coefficient (Wildman–Crippen LogP) is 3.07. The van der Waals surface area contributed by atoms with Crippen LogP contribution in [0.5, 0.6) is 0 Å². The Hall–Kier alpha value is -2.10. The van der Waals surface area contributed by atoms with E-state index in [2.05, 4.69) is 31.0 Å². The maximum absolute atomic E-state index is 11.2. The summed E-state index contributed by atoms with van der Waals surface area (Å²) in [4.78, 5) is 11.2. The second-order valence-corrected chi connectivity index (χ2v) is 5.26. The number of aromatic amines is 1. The van der Waals surface area contributed by atoms with Gasteiger partial charge in [0.2, 0.25) is 0 Å². The Morgan fingerprint density at radius 3 is 2.50 bits per heavy atom. The summed E-state index contributed by atoms with van der Waals surface area (Å²) in [5.74, 6) is -0.924. The zero-order valence-corrected chi connectivity index (χ0v) is 10.7. The van der Waals surface area contributed by atoms with E-state index in [1.54, 1.807) is 18.3 Å². The van der Waals surface area contributed by atoms with E-state index in [1.165, 1.54) is 0 Å². The summed E-state index contributed by atoms with van der Waals surface area (Å²) in [7, 11) is 0. The molecule has 0 aliphatic carbocycles. The molecule has 4 nitrogen and oxygen atoms in total. The normalized spacial score (nSPS) is 11.5. The van der Waals surface area contributed by atoms with Crippen LogP contribution in [0.25, 0.3) is 11.1 Å². The molecule has 0 saturated heterocycles. The molecule has 94 valence electrons. The first-order valence-corrected chi connectivity index (χ1v) is 5.78. The lowest BCUT2D eigenvalue weighted by Gasteiger charge is -2.19. The number of nitrogens with one attached hydrogen (secondary N) is 1. The van der Waals surface area contributed by atoms with Gasteiger partial charge in [0.05, 0.1) is 11.8 Å². The summed E-state index contributed by atoms with van der Waals surface area (Å²) >= 11 is 0. The van der Waals surface area contributed by atoms with Gasteiger partial charge in [0.1, 0.15) is 0 Å². The fourth-order valence-corrected chi connectivity index (χ4v) is 1.97. The Balaban J connectivity index is 2.64. The number of carboxylic acids is 1. The largest absolute Gasteiger partial charge is 0.478 e. The highest BCUT2D eigenvalue weighted by molar-refractivity contribution is 5.96. The van der Waals surface area contributed by atoms with Gasteiger partial charge in [-0.25, -0.2) is 4.79 Å². The van der Waals surface area contributed by atoms with Gasteiger partial charge in [-0.2, -0.15) is 5.10 Å². The monoisotopic (exact) mass is 244 g/mol. The molecule has 0 radical (unpaired) electrons. The van der Waals surface area contributed by atoms with Crippen LogP contribution in [-0.4, -0.2) is 21.3 Å². The summed E-state index contributed by atoms with van der Waals surface area (Å²) < 4.78 is 0. The molecule has 0 amide bonds. The fraction of sp³-hybridized carbons (Fsp3) is 0.286. The number of aromatic nitrogens is 2. The SMILES string of the molecule is CC(C)(C)c1[nH]ncc1-c1ccccc1C(=O)O. The van der Waals surface area contributed by atoms with Crippen molar-refractivity contribution in [2.45, 2.75) is 26.2 Å². The number of rotatable bonds is 2. The number of hydrogen-bond acceptors (Lipinski definition) is 2. The third-order valence-corrected chi connectivity index (χ3v) is 2.84. The van der Waals surface area contributed by atoms with Crippen LogP contribution in [0.2, 0.25) is 0 Å². The summed E-state index contributed by atoms with van der Waals surface area (Å²) in [6.45, 7) is 6.19. The number of aromatic carboxylic acids is 1. The molecule has 0 unspecified atom stereocenters. The lowest BCUT2D eigenvalue weighted by Crippen LogP contribution is -2.13. The van der Waals surface area contributed by atoms with Crippen molar-refractivity contribution in [1.29, 1.82) is 0 Å². The van der Waals surface area contributed by atoms with Crippen LogP contribution in [0, 0.1) is 0 Å². The Labute approximate surface area is 106 Å². The number of carboxylic acid groups (broad SMARTS) is 1. The van der Waals surface area contributed by atoms with E-state index in [-0.39, 0.29) is 5.41 Å². The summed E-state index contributed by atoms with van der Waals surface area (Å²) in [6, 6.07) is 6.98. The molecule has 0 aliphatic heterocycles. The average Bonchev–Trinajstić information content (AvgIpc) is 2.77. The topological polar surface area (TPSA) is 66.0 Å². The lowest BCUT2D eigenvalue weighted by atomic mass is 9.86. The van der Waals surface area contributed by atoms with Crippen molar-refractivity contribution < 1.29 is 9.90 Å². The van der Waals surface area contributed by atoms with Gasteiger partial charge in [-0.15, -0.1) is 0 Å². The number of benzene rings is 1. The molecule has 1 aromatic heterocycles. The van der Waals surface area contributed by atoms with E-state index in [9.17, 15) is 9.90 Å². The highest BCUT2D eigenvalue weighted by Crippen LogP contribution is 2.32. The third-order valence-electron chi connectivity index (χ3n) is 2.84. The molecule has 0 atom stereocenters. The van der Waals surface area contributed by atoms with E-state index in [4.69, 9.17) is 0 Å². The van der Waals surface area contributed by atoms with Gasteiger partial charge in [-0.05, 0) is 11.6 Å². The minimum absolute atomic E-state index is 0.114. The van der Waals surface area contributed by atoms with Crippen molar-refractivity contribution in [2.75, 3.05) is 0 Å². The minimum Gasteiger partial charge on any atom is -0.478 e. The van der Waals surface area contributed by atoms with Gasteiger partial charge in [-0.3, -0.25) is 5.10 Å². The lowest BCUT2D eigenvalue weighted by molar-refractivity contribution is 0.0697. The first-order chi connectivity index (χ1) is 8.41. The highest BCUT2D eigenvalue weighted by atomic mass is 16.4. The first kappa shape index (κ1) is 12.4. The van der Waals surface area contributed by atoms with Crippen LogP contribution in [0.3, 0.4) is 0 Å². The molecule has 1 aromatic carbocycles. The van der Waals surface area contributed by atoms with Crippen LogP contribution in [0.15, 0.2) is 30.5 Å². The van der Waals surface area contributed by atoms with E-state index in [0.29, 0.717) is 11.1 Å². The number of carbonyl (C=O) groups is 1. The molecule has 0 saturated carbocycles. The Morgan fingerprint density at radius 1 is 1.22 bits per heavy atom. The van der Waals surface area contributed by atoms with E-state index in [0.717, 1.165) is 11.3 Å². The molecule has 4 heteroatoms. The van der Waals surface area contributed by atoms with Crippen molar-refractivity contribution in [3.8, 4) is 11.1 Å². The van der Waals surface area contributed by atoms with Crippen molar-refractivity contribution in [1.82, 2.24) is 10.2 Å². The molecular formula is C14H16N2O2. The average molecular weight is 244 g/mol. The standard InChI is InChI=1S/C14H16N2O2/c1-14(2,3)12-11(8-15-16-12)9-6-4-5-7-10(9)13(17)18/h4-8H,1-3H3,(H,15,16)(H,17,18). The molecule has 0 aliphatic rings. The quantitative estimate of drug-likeness (QED) is 0.853. The van der Waals surface area contributed by atoms with Gasteiger partial charge in [0.25, 0.3) is 0 Å². The van der Waals surface area contributed by atoms with Crippen LogP contribution in [0.4, 0.5) is 0 Å². The maximum atomic E-state index is 11.2. The van der Waals surface area contributed by atoms with Crippen LogP contribution in [-0.2, 0) is 5.41 Å². The van der Waals surface area contributed by atoms with Gasteiger partial charge in [0.15, 0.2) is 0 Å². The van der Waals surface area contributed by atoms with Crippen molar-refractivity contribution in [2.24, 2.45) is 0 Å². The number of H-pyrrole nitrogens is 1. The first-order valence-electron chi connectivity index (χ1n) is 5.78. The van der Waals surface area contributed by atoms with Crippen LogP contribution >= 0.6 is 0 Å². The maximum Gasteiger partial charge on any atom is 0.336 e. The summed E-state index contributed by atoms with van der Waals surface area (Å²) in [5, 5.41) is 16.2. The number of nitrogens with zero attached hydrogens (tertiary/aromatic N) is 1. The predicted molar refractivity (Wildman–Crippen MR) is 69.7 cm³/mol. The molecule has 0 spiro atoms. The molecule has 18 heavy (non-hydrogen) atoms. The second-order valence-electron chi connectivity index (χ2n) is 5.26. The fourth-order valence-electron chi connectivity index (χ4n) is 1.97. The Bertz CT molecular complexity index is 579. The van der Waals surface area contributed by atoms with Gasteiger partial charge < -0.3 is 5.11 Å². The van der Waals surface area contributed by atoms with Crippen LogP contribution < -0.4 is 0 Å². The van der Waals surface area contributed by atoms with E-state index >= 15 is 0 Å². The molecule has 2 rings (SSSR count). The van der Waals surface area contributed by atoms with Crippen molar-refractivity contribution in [3.05, 3.63) is 41.7 Å². The van der Waals surface area contributed by atoms with Crippen molar-refractivity contribution >= 4 is 5.97 Å². The Morgan fingerprint density at radius 2 is 1.89 bits per heavy atom. The zero-order valence-electron chi connectivity index (χ0n) is 10.7. The highest BCUT2D eigenvalue weighted by Gasteiger charge is 2.23. The molecule has 2 N–H and O–H groups in total. The molecule has 2 aromatic rings. The summed E-state index contributed by atoms with van der Waals surface area (Å²) in [5.41, 5.74) is 2.67. The second kappa shape index (κ2) is 4.29. The summed E-state index contributed by atoms with van der Waals surface area (Å²) in [6.07, 6.45) is 1.68. The molecule has 0 bridgehead atoms. The van der Waals surface area contributed by atoms with Crippen LogP contribution in [0.1, 0.15) is 36.8 Å². The smallest absolute Gasteiger partial charge is 0.336 e. The minimum atomic E-state index is -0.924. The van der Waals surface area contributed by atoms with Gasteiger partial charge >= 0.3 is 5.97 Å². The van der Waals surface area contributed by atoms with Gasteiger partial charge in [0, 0.05) is 16.7 Å². The molecular weight excluding hydrogens is 228 g/mol. The number of hydrogen-bond donors (Lipinski definition) is 2. The van der Waals surface area contributed by atoms with E-state index < -0.39 is 5.97 Å². The zero-order chi connectivity index (χ0) is 13.3.